The number of hydrogen-bond acceptors (Lipinski definition) is 3. The molecule has 124 valence electrons. The van der Waals surface area contributed by atoms with Crippen molar-refractivity contribution >= 4 is 23.2 Å². The van der Waals surface area contributed by atoms with Crippen LogP contribution in [-0.2, 0) is 20.9 Å². The SMILES string of the molecule is O=C(COCc1ccccc1)Nc1ccc(N2CCCC2=O)cc1. The van der Waals surface area contributed by atoms with Crippen LogP contribution in [-0.4, -0.2) is 25.0 Å². The summed E-state index contributed by atoms with van der Waals surface area (Å²) in [7, 11) is 0. The van der Waals surface area contributed by atoms with Gasteiger partial charge in [-0.25, -0.2) is 0 Å². The zero-order valence-corrected chi connectivity index (χ0v) is 13.4. The topological polar surface area (TPSA) is 58.6 Å². The van der Waals surface area contributed by atoms with E-state index in [1.807, 2.05) is 42.5 Å². The van der Waals surface area contributed by atoms with Crippen LogP contribution in [0.3, 0.4) is 0 Å². The summed E-state index contributed by atoms with van der Waals surface area (Å²) in [6.45, 7) is 1.17. The maximum Gasteiger partial charge on any atom is 0.250 e. The van der Waals surface area contributed by atoms with Crippen molar-refractivity contribution in [3.05, 3.63) is 60.2 Å². The van der Waals surface area contributed by atoms with Crippen LogP contribution in [0.15, 0.2) is 54.6 Å². The third-order valence-electron chi connectivity index (χ3n) is 3.88. The molecule has 1 fully saturated rings. The third-order valence-corrected chi connectivity index (χ3v) is 3.88. The largest absolute Gasteiger partial charge is 0.367 e. The average molecular weight is 324 g/mol. The highest BCUT2D eigenvalue weighted by atomic mass is 16.5. The van der Waals surface area contributed by atoms with Gasteiger partial charge in [0.1, 0.15) is 6.61 Å². The number of rotatable bonds is 6. The smallest absolute Gasteiger partial charge is 0.250 e. The van der Waals surface area contributed by atoms with E-state index in [9.17, 15) is 9.59 Å². The summed E-state index contributed by atoms with van der Waals surface area (Å²) in [4.78, 5) is 25.4. The molecule has 0 aliphatic carbocycles. The third kappa shape index (κ3) is 4.20. The highest BCUT2D eigenvalue weighted by molar-refractivity contribution is 5.96. The van der Waals surface area contributed by atoms with Crippen molar-refractivity contribution in [1.29, 1.82) is 0 Å². The van der Waals surface area contributed by atoms with Gasteiger partial charge >= 0.3 is 0 Å². The highest BCUT2D eigenvalue weighted by Crippen LogP contribution is 2.22. The minimum Gasteiger partial charge on any atom is -0.367 e. The van der Waals surface area contributed by atoms with Crippen LogP contribution in [0.2, 0.25) is 0 Å². The van der Waals surface area contributed by atoms with E-state index in [1.54, 1.807) is 17.0 Å². The Hall–Kier alpha value is -2.66. The molecular weight excluding hydrogens is 304 g/mol. The number of benzene rings is 2. The lowest BCUT2D eigenvalue weighted by Gasteiger charge is -2.16. The number of nitrogens with zero attached hydrogens (tertiary/aromatic N) is 1. The van der Waals surface area contributed by atoms with E-state index in [0.29, 0.717) is 18.7 Å². The molecule has 24 heavy (non-hydrogen) atoms. The predicted molar refractivity (Wildman–Crippen MR) is 92.8 cm³/mol. The van der Waals surface area contributed by atoms with Gasteiger partial charge in [0.2, 0.25) is 11.8 Å². The Kier molecular flexibility index (Phi) is 5.23. The summed E-state index contributed by atoms with van der Waals surface area (Å²) in [6.07, 6.45) is 1.51. The summed E-state index contributed by atoms with van der Waals surface area (Å²) >= 11 is 0. The lowest BCUT2D eigenvalue weighted by atomic mass is 10.2. The van der Waals surface area contributed by atoms with Gasteiger partial charge in [0, 0.05) is 24.3 Å². The molecule has 2 aromatic carbocycles. The van der Waals surface area contributed by atoms with E-state index in [0.717, 1.165) is 24.2 Å². The molecule has 1 aliphatic heterocycles. The first kappa shape index (κ1) is 16.2. The standard InChI is InChI=1S/C19H20N2O3/c22-18(14-24-13-15-5-2-1-3-6-15)20-16-8-10-17(11-9-16)21-12-4-7-19(21)23/h1-3,5-6,8-11H,4,7,12-14H2,(H,20,22). The van der Waals surface area contributed by atoms with Crippen molar-refractivity contribution in [1.82, 2.24) is 0 Å². The van der Waals surface area contributed by atoms with Crippen LogP contribution >= 0.6 is 0 Å². The molecular formula is C19H20N2O3. The number of ether oxygens (including phenoxy) is 1. The van der Waals surface area contributed by atoms with Gasteiger partial charge in [0.05, 0.1) is 6.61 Å². The number of hydrogen-bond donors (Lipinski definition) is 1. The van der Waals surface area contributed by atoms with Crippen LogP contribution in [0.4, 0.5) is 11.4 Å². The van der Waals surface area contributed by atoms with Crippen LogP contribution in [0.25, 0.3) is 0 Å². The fourth-order valence-corrected chi connectivity index (χ4v) is 2.68. The molecule has 5 heteroatoms. The van der Waals surface area contributed by atoms with Crippen LogP contribution < -0.4 is 10.2 Å². The molecule has 1 heterocycles. The number of anilines is 2. The molecule has 2 amide bonds. The Balaban J connectivity index is 1.47. The summed E-state index contributed by atoms with van der Waals surface area (Å²) in [5.74, 6) is -0.0444. The lowest BCUT2D eigenvalue weighted by molar-refractivity contribution is -0.121. The number of nitrogens with one attached hydrogen (secondary N) is 1. The van der Waals surface area contributed by atoms with Gasteiger partial charge in [-0.05, 0) is 36.2 Å². The summed E-state index contributed by atoms with van der Waals surface area (Å²) in [5.41, 5.74) is 2.60. The van der Waals surface area contributed by atoms with Gasteiger partial charge in [-0.1, -0.05) is 30.3 Å². The van der Waals surface area contributed by atoms with Gasteiger partial charge in [-0.15, -0.1) is 0 Å². The Morgan fingerprint density at radius 3 is 2.50 bits per heavy atom. The zero-order chi connectivity index (χ0) is 16.8. The summed E-state index contributed by atoms with van der Waals surface area (Å²) in [6, 6.07) is 17.0. The first-order valence-electron chi connectivity index (χ1n) is 8.04. The van der Waals surface area contributed by atoms with Gasteiger partial charge in [-0.3, -0.25) is 9.59 Å². The number of amides is 2. The van der Waals surface area contributed by atoms with E-state index in [2.05, 4.69) is 5.32 Å². The second kappa shape index (κ2) is 7.75. The Bertz CT molecular complexity index is 698. The molecule has 1 N–H and O–H groups in total. The minimum atomic E-state index is -0.198. The van der Waals surface area contributed by atoms with Gasteiger partial charge in [0.25, 0.3) is 0 Å². The van der Waals surface area contributed by atoms with Crippen molar-refractivity contribution in [2.24, 2.45) is 0 Å². The zero-order valence-electron chi connectivity index (χ0n) is 13.4. The van der Waals surface area contributed by atoms with Crippen LogP contribution in [0.5, 0.6) is 0 Å². The van der Waals surface area contributed by atoms with Gasteiger partial charge in [-0.2, -0.15) is 0 Å². The van der Waals surface area contributed by atoms with E-state index in [4.69, 9.17) is 4.74 Å². The Labute approximate surface area is 141 Å². The molecule has 0 bridgehead atoms. The number of carbonyl (C=O) groups is 2. The Morgan fingerprint density at radius 1 is 1.08 bits per heavy atom. The predicted octanol–water partition coefficient (Wildman–Crippen LogP) is 2.97. The second-order valence-corrected chi connectivity index (χ2v) is 5.72. The van der Waals surface area contributed by atoms with Crippen molar-refractivity contribution in [3.63, 3.8) is 0 Å². The minimum absolute atomic E-state index is 0.00125. The fourth-order valence-electron chi connectivity index (χ4n) is 2.68. The fraction of sp³-hybridized carbons (Fsp3) is 0.263. The first-order valence-corrected chi connectivity index (χ1v) is 8.04. The molecule has 0 saturated carbocycles. The highest BCUT2D eigenvalue weighted by Gasteiger charge is 2.21. The normalized spacial score (nSPS) is 14.0. The maximum absolute atomic E-state index is 11.9. The molecule has 1 aliphatic rings. The molecule has 0 atom stereocenters. The molecule has 2 aromatic rings. The molecule has 0 unspecified atom stereocenters. The van der Waals surface area contributed by atoms with Crippen molar-refractivity contribution in [2.75, 3.05) is 23.4 Å². The molecule has 3 rings (SSSR count). The van der Waals surface area contributed by atoms with Crippen molar-refractivity contribution < 1.29 is 14.3 Å². The number of carbonyl (C=O) groups excluding carboxylic acids is 2. The molecule has 0 radical (unpaired) electrons. The quantitative estimate of drug-likeness (QED) is 0.889. The van der Waals surface area contributed by atoms with Gasteiger partial charge in [0.15, 0.2) is 0 Å². The molecule has 5 nitrogen and oxygen atoms in total. The first-order chi connectivity index (χ1) is 11.7. The van der Waals surface area contributed by atoms with E-state index in [1.165, 1.54) is 0 Å². The molecule has 0 aromatic heterocycles. The van der Waals surface area contributed by atoms with E-state index in [-0.39, 0.29) is 18.4 Å². The second-order valence-electron chi connectivity index (χ2n) is 5.72. The van der Waals surface area contributed by atoms with Crippen molar-refractivity contribution in [3.8, 4) is 0 Å². The average Bonchev–Trinajstić information content (AvgIpc) is 3.03. The lowest BCUT2D eigenvalue weighted by Crippen LogP contribution is -2.23. The Morgan fingerprint density at radius 2 is 1.83 bits per heavy atom. The van der Waals surface area contributed by atoms with E-state index >= 15 is 0 Å². The van der Waals surface area contributed by atoms with Gasteiger partial charge < -0.3 is 15.0 Å². The molecule has 0 spiro atoms. The van der Waals surface area contributed by atoms with E-state index < -0.39 is 0 Å². The van der Waals surface area contributed by atoms with Crippen LogP contribution in [0, 0.1) is 0 Å². The monoisotopic (exact) mass is 324 g/mol. The van der Waals surface area contributed by atoms with Crippen molar-refractivity contribution in [2.45, 2.75) is 19.4 Å². The maximum atomic E-state index is 11.9. The summed E-state index contributed by atoms with van der Waals surface area (Å²) in [5, 5.41) is 2.79. The van der Waals surface area contributed by atoms with Crippen LogP contribution in [0.1, 0.15) is 18.4 Å². The summed E-state index contributed by atoms with van der Waals surface area (Å²) < 4.78 is 5.41. The molecule has 1 saturated heterocycles.